The summed E-state index contributed by atoms with van der Waals surface area (Å²) in [6.45, 7) is 21.1. The van der Waals surface area contributed by atoms with Crippen molar-refractivity contribution in [3.63, 3.8) is 0 Å². The Morgan fingerprint density at radius 2 is 1.53 bits per heavy atom. The molecule has 1 unspecified atom stereocenters. The van der Waals surface area contributed by atoms with Crippen molar-refractivity contribution >= 4 is 11.9 Å². The van der Waals surface area contributed by atoms with Gasteiger partial charge in [-0.2, -0.15) is 0 Å². The molecule has 0 amide bonds. The molecule has 0 radical (unpaired) electrons. The van der Waals surface area contributed by atoms with E-state index in [1.54, 1.807) is 25.0 Å². The Bertz CT molecular complexity index is 1020. The average Bonchev–Trinajstić information content (AvgIpc) is 3.20. The largest absolute Gasteiger partial charge is 0.465 e. The molecule has 5 rings (SSSR count). The third kappa shape index (κ3) is 3.80. The standard InChI is InChI=1S/C34H54O4/c1-21(2)24-12-17-34(20-37-22(3)35)19-18-32(8)25(29(24)34)10-11-27-31(7)15-14-28(38-23(4)36)30(5,6)26(31)13-16-33(27,32)9/h21,25-28H,10-20H2,1-9H3/t25?,26-,27+,28-,31-,32+,33+,34+/m0/s1. The lowest BCUT2D eigenvalue weighted by Gasteiger charge is -2.72. The lowest BCUT2D eigenvalue weighted by Crippen LogP contribution is -2.66. The van der Waals surface area contributed by atoms with Gasteiger partial charge >= 0.3 is 11.9 Å². The van der Waals surface area contributed by atoms with Gasteiger partial charge in [0.25, 0.3) is 0 Å². The topological polar surface area (TPSA) is 52.6 Å². The number of carbonyl (C=O) groups is 2. The lowest BCUT2D eigenvalue weighted by atomic mass is 9.33. The van der Waals surface area contributed by atoms with Gasteiger partial charge in [0.05, 0.1) is 0 Å². The highest BCUT2D eigenvalue weighted by molar-refractivity contribution is 5.66. The zero-order valence-corrected chi connectivity index (χ0v) is 25.8. The molecule has 0 spiro atoms. The number of rotatable bonds is 4. The van der Waals surface area contributed by atoms with Crippen LogP contribution in [0.4, 0.5) is 0 Å². The molecule has 8 atom stereocenters. The Morgan fingerprint density at radius 3 is 2.16 bits per heavy atom. The normalized spacial score (nSPS) is 45.5. The zero-order chi connectivity index (χ0) is 27.9. The summed E-state index contributed by atoms with van der Waals surface area (Å²) in [4.78, 5) is 23.8. The monoisotopic (exact) mass is 526 g/mol. The second kappa shape index (κ2) is 9.10. The van der Waals surface area contributed by atoms with Crippen LogP contribution in [0.15, 0.2) is 11.1 Å². The van der Waals surface area contributed by atoms with Gasteiger partial charge in [-0.05, 0) is 104 Å². The Kier molecular flexibility index (Phi) is 6.76. The van der Waals surface area contributed by atoms with Crippen LogP contribution in [0.25, 0.3) is 0 Å². The number of allylic oxidation sites excluding steroid dienone is 1. The van der Waals surface area contributed by atoms with E-state index < -0.39 is 0 Å². The van der Waals surface area contributed by atoms with Crippen LogP contribution in [0, 0.1) is 50.7 Å². The fourth-order valence-electron chi connectivity index (χ4n) is 11.6. The number of esters is 2. The third-order valence-corrected chi connectivity index (χ3v) is 13.6. The van der Waals surface area contributed by atoms with E-state index in [0.29, 0.717) is 30.3 Å². The van der Waals surface area contributed by atoms with E-state index >= 15 is 0 Å². The SMILES string of the molecule is CC(=O)OC[C@]12CCC(C(C)C)=C1C1CC[C@@H]3[C@@]4(C)CC[C@H](OC(C)=O)C(C)(C)[C@@H]4CC[C@@]3(C)[C@]1(C)CC2. The summed E-state index contributed by atoms with van der Waals surface area (Å²) in [5.74, 6) is 2.15. The van der Waals surface area contributed by atoms with Crippen molar-refractivity contribution in [1.82, 2.24) is 0 Å². The van der Waals surface area contributed by atoms with Crippen molar-refractivity contribution in [2.75, 3.05) is 6.61 Å². The summed E-state index contributed by atoms with van der Waals surface area (Å²) in [5.41, 5.74) is 4.29. The first-order valence-electron chi connectivity index (χ1n) is 15.7. The van der Waals surface area contributed by atoms with E-state index in [1.807, 2.05) is 0 Å². The maximum absolute atomic E-state index is 11.9. The minimum atomic E-state index is -0.140. The summed E-state index contributed by atoms with van der Waals surface area (Å²) >= 11 is 0. The first-order chi connectivity index (χ1) is 17.6. The minimum Gasteiger partial charge on any atom is -0.465 e. The van der Waals surface area contributed by atoms with Gasteiger partial charge in [-0.15, -0.1) is 0 Å². The fourth-order valence-corrected chi connectivity index (χ4v) is 11.6. The molecule has 4 nitrogen and oxygen atoms in total. The van der Waals surface area contributed by atoms with E-state index in [1.165, 1.54) is 38.5 Å². The maximum atomic E-state index is 11.9. The van der Waals surface area contributed by atoms with Gasteiger partial charge in [0.2, 0.25) is 0 Å². The van der Waals surface area contributed by atoms with Gasteiger partial charge in [0, 0.05) is 24.7 Å². The average molecular weight is 527 g/mol. The molecule has 0 aromatic heterocycles. The summed E-state index contributed by atoms with van der Waals surface area (Å²) < 4.78 is 11.7. The number of ether oxygens (including phenoxy) is 2. The van der Waals surface area contributed by atoms with Crippen LogP contribution >= 0.6 is 0 Å². The molecule has 0 bridgehead atoms. The third-order valence-electron chi connectivity index (χ3n) is 13.6. The number of hydrogen-bond acceptors (Lipinski definition) is 4. The molecule has 0 heterocycles. The van der Waals surface area contributed by atoms with E-state index in [2.05, 4.69) is 48.5 Å². The van der Waals surface area contributed by atoms with Crippen molar-refractivity contribution in [1.29, 1.82) is 0 Å². The van der Waals surface area contributed by atoms with Gasteiger partial charge in [-0.1, -0.05) is 59.6 Å². The molecule has 38 heavy (non-hydrogen) atoms. The van der Waals surface area contributed by atoms with Gasteiger partial charge < -0.3 is 9.47 Å². The molecule has 0 aromatic rings. The Hall–Kier alpha value is -1.32. The van der Waals surface area contributed by atoms with Gasteiger partial charge in [-0.25, -0.2) is 0 Å². The van der Waals surface area contributed by atoms with Crippen molar-refractivity contribution in [3.8, 4) is 0 Å². The summed E-state index contributed by atoms with van der Waals surface area (Å²) in [5, 5.41) is 0. The van der Waals surface area contributed by atoms with Crippen molar-refractivity contribution in [2.24, 2.45) is 50.7 Å². The first-order valence-corrected chi connectivity index (χ1v) is 15.7. The summed E-state index contributed by atoms with van der Waals surface area (Å²) in [6.07, 6.45) is 11.9. The highest BCUT2D eigenvalue weighted by atomic mass is 16.5. The lowest BCUT2D eigenvalue weighted by molar-refractivity contribution is -0.233. The quantitative estimate of drug-likeness (QED) is 0.273. The molecule has 4 saturated carbocycles. The molecule has 5 aliphatic carbocycles. The van der Waals surface area contributed by atoms with Gasteiger partial charge in [0.15, 0.2) is 0 Å². The fraction of sp³-hybridized carbons (Fsp3) is 0.882. The molecule has 4 fully saturated rings. The van der Waals surface area contributed by atoms with Crippen molar-refractivity contribution in [2.45, 2.75) is 133 Å². The predicted octanol–water partition coefficient (Wildman–Crippen LogP) is 8.28. The highest BCUT2D eigenvalue weighted by Crippen LogP contribution is 2.76. The van der Waals surface area contributed by atoms with E-state index in [4.69, 9.17) is 9.47 Å². The van der Waals surface area contributed by atoms with Crippen LogP contribution < -0.4 is 0 Å². The van der Waals surface area contributed by atoms with E-state index in [-0.39, 0.29) is 45.1 Å². The summed E-state index contributed by atoms with van der Waals surface area (Å²) in [7, 11) is 0. The van der Waals surface area contributed by atoms with E-state index in [9.17, 15) is 9.59 Å². The second-order valence-corrected chi connectivity index (χ2v) is 15.7. The molecular formula is C34H54O4. The number of fused-ring (bicyclic) bond motifs is 7. The number of carbonyl (C=O) groups excluding carboxylic acids is 2. The summed E-state index contributed by atoms with van der Waals surface area (Å²) in [6, 6.07) is 0. The zero-order valence-electron chi connectivity index (χ0n) is 25.8. The second-order valence-electron chi connectivity index (χ2n) is 15.7. The predicted molar refractivity (Wildman–Crippen MR) is 151 cm³/mol. The molecule has 0 aromatic carbocycles. The van der Waals surface area contributed by atoms with Crippen LogP contribution in [0.3, 0.4) is 0 Å². The molecule has 0 saturated heterocycles. The van der Waals surface area contributed by atoms with Gasteiger partial charge in [0.1, 0.15) is 12.7 Å². The molecule has 0 aliphatic heterocycles. The first kappa shape index (κ1) is 28.2. The maximum Gasteiger partial charge on any atom is 0.302 e. The smallest absolute Gasteiger partial charge is 0.302 e. The molecule has 0 N–H and O–H groups in total. The van der Waals surface area contributed by atoms with Crippen LogP contribution in [0.5, 0.6) is 0 Å². The molecular weight excluding hydrogens is 472 g/mol. The van der Waals surface area contributed by atoms with Crippen molar-refractivity contribution < 1.29 is 19.1 Å². The number of hydrogen-bond donors (Lipinski definition) is 0. The van der Waals surface area contributed by atoms with Crippen LogP contribution in [-0.2, 0) is 19.1 Å². The minimum absolute atomic E-state index is 0.00228. The highest BCUT2D eigenvalue weighted by Gasteiger charge is 2.69. The van der Waals surface area contributed by atoms with Gasteiger partial charge in [-0.3, -0.25) is 9.59 Å². The Labute approximate surface area is 232 Å². The van der Waals surface area contributed by atoms with E-state index in [0.717, 1.165) is 25.7 Å². The van der Waals surface area contributed by atoms with Crippen LogP contribution in [0.1, 0.15) is 127 Å². The molecule has 214 valence electrons. The van der Waals surface area contributed by atoms with Crippen LogP contribution in [0.2, 0.25) is 0 Å². The molecule has 4 heteroatoms. The Balaban J connectivity index is 1.52. The van der Waals surface area contributed by atoms with Crippen molar-refractivity contribution in [3.05, 3.63) is 11.1 Å². The van der Waals surface area contributed by atoms with Crippen LogP contribution in [-0.4, -0.2) is 24.6 Å². The molecule has 5 aliphatic rings. The Morgan fingerprint density at radius 1 is 0.816 bits per heavy atom.